The van der Waals surface area contributed by atoms with Crippen molar-refractivity contribution in [3.05, 3.63) is 0 Å². The van der Waals surface area contributed by atoms with Crippen molar-refractivity contribution in [2.75, 3.05) is 45.9 Å². The Balaban J connectivity index is 2.39. The lowest BCUT2D eigenvalue weighted by Crippen LogP contribution is -2.41. The Bertz CT molecular complexity index is 202. The maximum atomic E-state index is 5.67. The summed E-state index contributed by atoms with van der Waals surface area (Å²) in [6, 6.07) is 0. The minimum Gasteiger partial charge on any atom is -0.352 e. The molecule has 1 aliphatic rings. The highest BCUT2D eigenvalue weighted by Gasteiger charge is 2.19. The highest BCUT2D eigenvalue weighted by Crippen LogP contribution is 2.14. The maximum absolute atomic E-state index is 5.67. The first-order chi connectivity index (χ1) is 9.30. The summed E-state index contributed by atoms with van der Waals surface area (Å²) < 4.78 is 11.3. The van der Waals surface area contributed by atoms with Gasteiger partial charge in [-0.25, -0.2) is 0 Å². The van der Waals surface area contributed by atoms with Gasteiger partial charge in [0.2, 0.25) is 0 Å². The van der Waals surface area contributed by atoms with Crippen LogP contribution >= 0.6 is 0 Å². The van der Waals surface area contributed by atoms with E-state index in [0.29, 0.717) is 0 Å². The van der Waals surface area contributed by atoms with Gasteiger partial charge in [-0.15, -0.1) is 0 Å². The third kappa shape index (κ3) is 7.25. The summed E-state index contributed by atoms with van der Waals surface area (Å²) >= 11 is 0. The van der Waals surface area contributed by atoms with Gasteiger partial charge in [-0.05, 0) is 58.7 Å². The first-order valence-corrected chi connectivity index (χ1v) is 7.96. The van der Waals surface area contributed by atoms with Gasteiger partial charge in [0.15, 0.2) is 6.29 Å². The molecule has 1 fully saturated rings. The van der Waals surface area contributed by atoms with Crippen molar-refractivity contribution < 1.29 is 9.47 Å². The van der Waals surface area contributed by atoms with Crippen molar-refractivity contribution in [1.82, 2.24) is 10.2 Å². The molecule has 0 aromatic heterocycles. The van der Waals surface area contributed by atoms with Crippen LogP contribution in [-0.2, 0) is 9.47 Å². The predicted molar refractivity (Wildman–Crippen MR) is 79.4 cm³/mol. The van der Waals surface area contributed by atoms with Crippen molar-refractivity contribution in [2.24, 2.45) is 5.92 Å². The van der Waals surface area contributed by atoms with E-state index < -0.39 is 0 Å². The molecule has 0 aromatic rings. The molecule has 0 amide bonds. The minimum atomic E-state index is -0.0664. The molecule has 1 rings (SSSR count). The lowest BCUT2D eigenvalue weighted by atomic mass is 9.97. The van der Waals surface area contributed by atoms with Crippen LogP contribution in [0.15, 0.2) is 0 Å². The molecule has 0 spiro atoms. The van der Waals surface area contributed by atoms with E-state index in [4.69, 9.17) is 9.47 Å². The van der Waals surface area contributed by atoms with E-state index in [-0.39, 0.29) is 6.29 Å². The van der Waals surface area contributed by atoms with Crippen molar-refractivity contribution in [2.45, 2.75) is 46.3 Å². The predicted octanol–water partition coefficient (Wildman–Crippen LogP) is 2.10. The highest BCUT2D eigenvalue weighted by molar-refractivity contribution is 4.73. The molecule has 0 saturated carbocycles. The van der Waals surface area contributed by atoms with Crippen LogP contribution in [0.5, 0.6) is 0 Å². The van der Waals surface area contributed by atoms with Gasteiger partial charge in [-0.1, -0.05) is 6.92 Å². The van der Waals surface area contributed by atoms with Gasteiger partial charge in [-0.3, -0.25) is 4.90 Å². The fourth-order valence-electron chi connectivity index (χ4n) is 2.74. The van der Waals surface area contributed by atoms with Gasteiger partial charge in [0.1, 0.15) is 0 Å². The molecule has 4 nitrogen and oxygen atoms in total. The molecule has 0 radical (unpaired) electrons. The molecule has 1 heterocycles. The third-order valence-corrected chi connectivity index (χ3v) is 3.63. The van der Waals surface area contributed by atoms with Crippen LogP contribution in [0.1, 0.15) is 40.0 Å². The summed E-state index contributed by atoms with van der Waals surface area (Å²) in [5.41, 5.74) is 0. The molecular formula is C15H32N2O2. The summed E-state index contributed by atoms with van der Waals surface area (Å²) in [6.45, 7) is 13.3. The number of hydrogen-bond acceptors (Lipinski definition) is 4. The molecule has 114 valence electrons. The van der Waals surface area contributed by atoms with Crippen molar-refractivity contribution in [3.63, 3.8) is 0 Å². The first kappa shape index (κ1) is 16.9. The number of nitrogens with one attached hydrogen (secondary N) is 1. The van der Waals surface area contributed by atoms with Gasteiger partial charge in [0, 0.05) is 26.3 Å². The van der Waals surface area contributed by atoms with Gasteiger partial charge in [-0.2, -0.15) is 0 Å². The molecule has 1 aliphatic heterocycles. The molecule has 0 bridgehead atoms. The molecule has 0 aliphatic carbocycles. The van der Waals surface area contributed by atoms with Crippen LogP contribution in [-0.4, -0.2) is 57.1 Å². The van der Waals surface area contributed by atoms with Crippen molar-refractivity contribution >= 4 is 0 Å². The lowest BCUT2D eigenvalue weighted by molar-refractivity contribution is -0.148. The minimum absolute atomic E-state index is 0.0664. The average Bonchev–Trinajstić information content (AvgIpc) is 2.41. The fourth-order valence-corrected chi connectivity index (χ4v) is 2.74. The Morgan fingerprint density at radius 1 is 1.11 bits per heavy atom. The molecule has 0 unspecified atom stereocenters. The lowest BCUT2D eigenvalue weighted by Gasteiger charge is -2.32. The molecule has 0 atom stereocenters. The van der Waals surface area contributed by atoms with Gasteiger partial charge < -0.3 is 14.8 Å². The van der Waals surface area contributed by atoms with E-state index in [1.807, 2.05) is 13.8 Å². The summed E-state index contributed by atoms with van der Waals surface area (Å²) in [6.07, 6.45) is 3.72. The average molecular weight is 272 g/mol. The van der Waals surface area contributed by atoms with Crippen LogP contribution in [0.2, 0.25) is 0 Å². The topological polar surface area (TPSA) is 33.7 Å². The Morgan fingerprint density at radius 3 is 2.26 bits per heavy atom. The second kappa shape index (κ2) is 10.6. The standard InChI is InChI=1S/C15H32N2O2/c1-4-11-17(12-14-7-9-16-10-8-14)13-15(18-5-2)19-6-3/h14-16H,4-13H2,1-3H3. The van der Waals surface area contributed by atoms with E-state index in [1.165, 1.54) is 38.9 Å². The molecular weight excluding hydrogens is 240 g/mol. The Kier molecular flexibility index (Phi) is 9.43. The van der Waals surface area contributed by atoms with E-state index in [1.54, 1.807) is 0 Å². The summed E-state index contributed by atoms with van der Waals surface area (Å²) in [5.74, 6) is 0.830. The summed E-state index contributed by atoms with van der Waals surface area (Å²) in [7, 11) is 0. The maximum Gasteiger partial charge on any atom is 0.170 e. The van der Waals surface area contributed by atoms with E-state index in [9.17, 15) is 0 Å². The van der Waals surface area contributed by atoms with Gasteiger partial charge >= 0.3 is 0 Å². The first-order valence-electron chi connectivity index (χ1n) is 7.96. The smallest absolute Gasteiger partial charge is 0.170 e. The van der Waals surface area contributed by atoms with Crippen molar-refractivity contribution in [3.8, 4) is 0 Å². The Labute approximate surface area is 118 Å². The zero-order valence-corrected chi connectivity index (χ0v) is 13.0. The Morgan fingerprint density at radius 2 is 1.74 bits per heavy atom. The quantitative estimate of drug-likeness (QED) is 0.618. The van der Waals surface area contributed by atoms with Crippen LogP contribution in [0, 0.1) is 5.92 Å². The second-order valence-electron chi connectivity index (χ2n) is 5.29. The van der Waals surface area contributed by atoms with E-state index in [2.05, 4.69) is 17.1 Å². The van der Waals surface area contributed by atoms with Crippen molar-refractivity contribution in [1.29, 1.82) is 0 Å². The highest BCUT2D eigenvalue weighted by atomic mass is 16.7. The van der Waals surface area contributed by atoms with Crippen LogP contribution in [0.25, 0.3) is 0 Å². The molecule has 19 heavy (non-hydrogen) atoms. The monoisotopic (exact) mass is 272 g/mol. The molecule has 1 saturated heterocycles. The SMILES string of the molecule is CCCN(CC1CCNCC1)CC(OCC)OCC. The molecule has 0 aromatic carbocycles. The Hall–Kier alpha value is -0.160. The number of ether oxygens (including phenoxy) is 2. The van der Waals surface area contributed by atoms with Gasteiger partial charge in [0.05, 0.1) is 0 Å². The fraction of sp³-hybridized carbons (Fsp3) is 1.00. The zero-order chi connectivity index (χ0) is 13.9. The molecule has 1 N–H and O–H groups in total. The van der Waals surface area contributed by atoms with Crippen LogP contribution in [0.4, 0.5) is 0 Å². The largest absolute Gasteiger partial charge is 0.352 e. The van der Waals surface area contributed by atoms with Crippen LogP contribution < -0.4 is 5.32 Å². The third-order valence-electron chi connectivity index (χ3n) is 3.63. The van der Waals surface area contributed by atoms with Crippen LogP contribution in [0.3, 0.4) is 0 Å². The van der Waals surface area contributed by atoms with E-state index >= 15 is 0 Å². The summed E-state index contributed by atoms with van der Waals surface area (Å²) in [4.78, 5) is 2.52. The van der Waals surface area contributed by atoms with Gasteiger partial charge in [0.25, 0.3) is 0 Å². The van der Waals surface area contributed by atoms with E-state index in [0.717, 1.165) is 32.2 Å². The zero-order valence-electron chi connectivity index (χ0n) is 13.0. The number of rotatable bonds is 10. The number of hydrogen-bond donors (Lipinski definition) is 1. The number of piperidine rings is 1. The normalized spacial score (nSPS) is 17.5. The summed E-state index contributed by atoms with van der Waals surface area (Å²) in [5, 5.41) is 3.43. The molecule has 4 heteroatoms. The number of nitrogens with zero attached hydrogens (tertiary/aromatic N) is 1. The second-order valence-corrected chi connectivity index (χ2v) is 5.29.